The molecule has 3 rings (SSSR count). The quantitative estimate of drug-likeness (QED) is 0.486. The minimum absolute atomic E-state index is 0. The minimum atomic E-state index is -0.333. The highest BCUT2D eigenvalue weighted by Crippen LogP contribution is 2.19. The summed E-state index contributed by atoms with van der Waals surface area (Å²) in [5.41, 5.74) is 7.96. The van der Waals surface area contributed by atoms with Crippen molar-refractivity contribution in [3.05, 3.63) is 54.6 Å². The van der Waals surface area contributed by atoms with Crippen LogP contribution in [0.3, 0.4) is 0 Å². The van der Waals surface area contributed by atoms with Crippen LogP contribution in [0.5, 0.6) is 0 Å². The molecule has 152 valence electrons. The lowest BCUT2D eigenvalue weighted by atomic mass is 10.1. The Balaban J connectivity index is 0.00000196. The first-order chi connectivity index (χ1) is 12.6. The number of benzene rings is 2. The summed E-state index contributed by atoms with van der Waals surface area (Å²) in [6, 6.07) is 17.0. The van der Waals surface area contributed by atoms with E-state index in [4.69, 9.17) is 5.73 Å². The van der Waals surface area contributed by atoms with E-state index in [-0.39, 0.29) is 55.3 Å². The van der Waals surface area contributed by atoms with Gasteiger partial charge in [-0.2, -0.15) is 0 Å². The van der Waals surface area contributed by atoms with Crippen molar-refractivity contribution in [1.82, 2.24) is 10.6 Å². The smallest absolute Gasteiger partial charge is 0.241 e. The van der Waals surface area contributed by atoms with Gasteiger partial charge in [0.1, 0.15) is 0 Å². The minimum Gasteiger partial charge on any atom is -0.356 e. The summed E-state index contributed by atoms with van der Waals surface area (Å²) in [5, 5.41) is 12.1. The fourth-order valence-electron chi connectivity index (χ4n) is 2.89. The highest BCUT2D eigenvalue weighted by atomic mass is 35.5. The van der Waals surface area contributed by atoms with E-state index in [1.54, 1.807) is 0 Å². The predicted octanol–water partition coefficient (Wildman–Crippen LogP) is 2.02. The van der Waals surface area contributed by atoms with E-state index in [1.807, 2.05) is 54.6 Å². The Morgan fingerprint density at radius 2 is 1.57 bits per heavy atom. The molecule has 7 nitrogen and oxygen atoms in total. The molecule has 2 amide bonds. The summed E-state index contributed by atoms with van der Waals surface area (Å²) in [7, 11) is 0. The standard InChI is InChI=1S/C19H23N5O2.2ClH/c20-11-18(25)23-16-10-17(21-12-16)19(26)24-15-8-6-14(7-9-15)22-13-4-2-1-3-5-13;;/h1-9,16-17,21-22H,10-12,20H2,(H,23,25)(H,24,26);2*1H/t16?,17-;;/m0../s1. The number of nitrogens with one attached hydrogen (secondary N) is 4. The third-order valence-electron chi connectivity index (χ3n) is 4.21. The van der Waals surface area contributed by atoms with Crippen LogP contribution in [0.4, 0.5) is 17.1 Å². The number of anilines is 3. The molecule has 2 aromatic rings. The number of amides is 2. The zero-order valence-corrected chi connectivity index (χ0v) is 16.8. The normalized spacial score (nSPS) is 17.6. The zero-order valence-electron chi connectivity index (χ0n) is 15.2. The Labute approximate surface area is 176 Å². The molecule has 0 aromatic heterocycles. The van der Waals surface area contributed by atoms with Gasteiger partial charge in [-0.3, -0.25) is 9.59 Å². The molecule has 1 fully saturated rings. The molecule has 1 unspecified atom stereocenters. The SMILES string of the molecule is Cl.Cl.NCC(=O)NC1CN[C@H](C(=O)Nc2ccc(Nc3ccccc3)cc2)C1. The Kier molecular flexibility index (Phi) is 9.75. The number of hydrogen-bond donors (Lipinski definition) is 5. The van der Waals surface area contributed by atoms with Crippen molar-refractivity contribution >= 4 is 53.7 Å². The monoisotopic (exact) mass is 425 g/mol. The Morgan fingerprint density at radius 3 is 2.21 bits per heavy atom. The first kappa shape index (κ1) is 23.7. The summed E-state index contributed by atoms with van der Waals surface area (Å²) in [5.74, 6) is -0.322. The van der Waals surface area contributed by atoms with Crippen LogP contribution >= 0.6 is 24.8 Å². The van der Waals surface area contributed by atoms with Crippen molar-refractivity contribution in [2.24, 2.45) is 5.73 Å². The fraction of sp³-hybridized carbons (Fsp3) is 0.263. The van der Waals surface area contributed by atoms with Crippen LogP contribution in [-0.4, -0.2) is 37.0 Å². The number of rotatable bonds is 6. The molecule has 2 atom stereocenters. The van der Waals surface area contributed by atoms with Gasteiger partial charge in [-0.15, -0.1) is 24.8 Å². The van der Waals surface area contributed by atoms with Gasteiger partial charge in [0.2, 0.25) is 11.8 Å². The topological polar surface area (TPSA) is 108 Å². The highest BCUT2D eigenvalue weighted by Gasteiger charge is 2.30. The Bertz CT molecular complexity index is 759. The van der Waals surface area contributed by atoms with E-state index in [0.717, 1.165) is 17.1 Å². The average molecular weight is 426 g/mol. The highest BCUT2D eigenvalue weighted by molar-refractivity contribution is 5.95. The van der Waals surface area contributed by atoms with Gasteiger partial charge in [0.25, 0.3) is 0 Å². The summed E-state index contributed by atoms with van der Waals surface area (Å²) in [6.07, 6.45) is 0.547. The number of carbonyl (C=O) groups excluding carboxylic acids is 2. The molecule has 1 heterocycles. The van der Waals surface area contributed by atoms with Crippen molar-refractivity contribution in [2.75, 3.05) is 23.7 Å². The summed E-state index contributed by atoms with van der Waals surface area (Å²) >= 11 is 0. The molecule has 2 aromatic carbocycles. The summed E-state index contributed by atoms with van der Waals surface area (Å²) in [4.78, 5) is 23.7. The molecule has 28 heavy (non-hydrogen) atoms. The maximum absolute atomic E-state index is 12.4. The van der Waals surface area contributed by atoms with E-state index < -0.39 is 0 Å². The second kappa shape index (κ2) is 11.5. The van der Waals surface area contributed by atoms with Crippen molar-refractivity contribution in [3.8, 4) is 0 Å². The van der Waals surface area contributed by atoms with E-state index in [9.17, 15) is 9.59 Å². The maximum Gasteiger partial charge on any atom is 0.241 e. The van der Waals surface area contributed by atoms with Crippen molar-refractivity contribution in [3.63, 3.8) is 0 Å². The average Bonchev–Trinajstić information content (AvgIpc) is 3.12. The fourth-order valence-corrected chi connectivity index (χ4v) is 2.89. The van der Waals surface area contributed by atoms with E-state index >= 15 is 0 Å². The zero-order chi connectivity index (χ0) is 18.4. The summed E-state index contributed by atoms with van der Waals surface area (Å²) in [6.45, 7) is 0.514. The van der Waals surface area contributed by atoms with E-state index in [1.165, 1.54) is 0 Å². The maximum atomic E-state index is 12.4. The van der Waals surface area contributed by atoms with Gasteiger partial charge in [0.15, 0.2) is 0 Å². The van der Waals surface area contributed by atoms with Crippen LogP contribution in [0, 0.1) is 0 Å². The van der Waals surface area contributed by atoms with Crippen molar-refractivity contribution < 1.29 is 9.59 Å². The number of hydrogen-bond acceptors (Lipinski definition) is 5. The molecule has 0 bridgehead atoms. The van der Waals surface area contributed by atoms with Gasteiger partial charge in [0.05, 0.1) is 12.6 Å². The molecule has 9 heteroatoms. The van der Waals surface area contributed by atoms with Crippen LogP contribution in [0.2, 0.25) is 0 Å². The number of carbonyl (C=O) groups is 2. The second-order valence-electron chi connectivity index (χ2n) is 6.22. The van der Waals surface area contributed by atoms with Gasteiger partial charge >= 0.3 is 0 Å². The molecule has 0 aliphatic carbocycles. The number of halogens is 2. The van der Waals surface area contributed by atoms with Crippen LogP contribution < -0.4 is 27.0 Å². The molecule has 1 aliphatic rings. The molecule has 0 saturated carbocycles. The first-order valence-electron chi connectivity index (χ1n) is 8.60. The van der Waals surface area contributed by atoms with Crippen molar-refractivity contribution in [2.45, 2.75) is 18.5 Å². The van der Waals surface area contributed by atoms with Gasteiger partial charge < -0.3 is 27.0 Å². The lowest BCUT2D eigenvalue weighted by molar-refractivity contribution is -0.121. The molecule has 1 aliphatic heterocycles. The molecule has 0 spiro atoms. The Hall–Kier alpha value is -2.32. The van der Waals surface area contributed by atoms with Crippen molar-refractivity contribution in [1.29, 1.82) is 0 Å². The molecular formula is C19H25Cl2N5O2. The number of para-hydroxylation sites is 1. The van der Waals surface area contributed by atoms with Gasteiger partial charge in [-0.25, -0.2) is 0 Å². The van der Waals surface area contributed by atoms with Gasteiger partial charge in [-0.1, -0.05) is 18.2 Å². The van der Waals surface area contributed by atoms with E-state index in [2.05, 4.69) is 21.3 Å². The predicted molar refractivity (Wildman–Crippen MR) is 117 cm³/mol. The first-order valence-corrected chi connectivity index (χ1v) is 8.60. The molecule has 0 radical (unpaired) electrons. The Morgan fingerprint density at radius 1 is 0.964 bits per heavy atom. The lowest BCUT2D eigenvalue weighted by Crippen LogP contribution is -2.39. The third kappa shape index (κ3) is 6.69. The molecule has 6 N–H and O–H groups in total. The summed E-state index contributed by atoms with van der Waals surface area (Å²) < 4.78 is 0. The lowest BCUT2D eigenvalue weighted by Gasteiger charge is -2.13. The second-order valence-corrected chi connectivity index (χ2v) is 6.22. The third-order valence-corrected chi connectivity index (χ3v) is 4.21. The van der Waals surface area contributed by atoms with Crippen LogP contribution in [0.1, 0.15) is 6.42 Å². The van der Waals surface area contributed by atoms with E-state index in [0.29, 0.717) is 13.0 Å². The molecular weight excluding hydrogens is 401 g/mol. The van der Waals surface area contributed by atoms with Gasteiger partial charge in [-0.05, 0) is 42.8 Å². The number of nitrogens with two attached hydrogens (primary N) is 1. The largest absolute Gasteiger partial charge is 0.356 e. The van der Waals surface area contributed by atoms with Crippen LogP contribution in [0.25, 0.3) is 0 Å². The van der Waals surface area contributed by atoms with Crippen LogP contribution in [-0.2, 0) is 9.59 Å². The van der Waals surface area contributed by atoms with Gasteiger partial charge in [0, 0.05) is 29.6 Å². The molecule has 1 saturated heterocycles. The van der Waals surface area contributed by atoms with Crippen LogP contribution in [0.15, 0.2) is 54.6 Å².